The molecule has 67 heavy (non-hydrogen) atoms. The SMILES string of the molecule is CC/C=C\C/C=C\C/C=C\C/C=C\C/C=C\C/C=C\CCC(=O)O[C@H](COC(=O)CCCC/C=C\C/C=C\C/C=C\C/C=C\CC)COC(=O)CCCCCCC/C=C\C/C=C\C/C=C\CC. The van der Waals surface area contributed by atoms with Crippen molar-refractivity contribution in [2.24, 2.45) is 0 Å². The molecule has 0 aliphatic heterocycles. The van der Waals surface area contributed by atoms with E-state index in [1.54, 1.807) is 0 Å². The molecule has 0 aromatic carbocycles. The molecular formula is C61H92O6. The summed E-state index contributed by atoms with van der Waals surface area (Å²) in [5.74, 6) is -1.10. The summed E-state index contributed by atoms with van der Waals surface area (Å²) >= 11 is 0. The number of carbonyl (C=O) groups excluding carboxylic acids is 3. The van der Waals surface area contributed by atoms with Crippen LogP contribution in [0.15, 0.2) is 158 Å². The molecule has 372 valence electrons. The first-order valence-electron chi connectivity index (χ1n) is 26.0. The average Bonchev–Trinajstić information content (AvgIpc) is 3.33. The summed E-state index contributed by atoms with van der Waals surface area (Å²) in [6.07, 6.45) is 78.1. The lowest BCUT2D eigenvalue weighted by atomic mass is 10.1. The molecule has 0 amide bonds. The third-order valence-electron chi connectivity index (χ3n) is 10.0. The Morgan fingerprint density at radius 3 is 0.925 bits per heavy atom. The molecule has 6 heteroatoms. The maximum Gasteiger partial charge on any atom is 0.306 e. The van der Waals surface area contributed by atoms with E-state index < -0.39 is 12.1 Å². The lowest BCUT2D eigenvalue weighted by Gasteiger charge is -2.18. The molecule has 0 radical (unpaired) electrons. The number of esters is 3. The van der Waals surface area contributed by atoms with Crippen LogP contribution in [0, 0.1) is 0 Å². The van der Waals surface area contributed by atoms with Gasteiger partial charge in [-0.2, -0.15) is 0 Å². The first kappa shape index (κ1) is 62.0. The molecule has 0 saturated heterocycles. The number of hydrogen-bond donors (Lipinski definition) is 0. The highest BCUT2D eigenvalue weighted by Crippen LogP contribution is 2.11. The van der Waals surface area contributed by atoms with Crippen molar-refractivity contribution in [3.8, 4) is 0 Å². The summed E-state index contributed by atoms with van der Waals surface area (Å²) in [6, 6.07) is 0. The van der Waals surface area contributed by atoms with Gasteiger partial charge in [-0.15, -0.1) is 0 Å². The highest BCUT2D eigenvalue weighted by molar-refractivity contribution is 5.71. The molecule has 0 bridgehead atoms. The fraction of sp³-hybridized carbons (Fsp3) is 0.525. The molecule has 6 nitrogen and oxygen atoms in total. The highest BCUT2D eigenvalue weighted by Gasteiger charge is 2.19. The van der Waals surface area contributed by atoms with Crippen LogP contribution in [0.3, 0.4) is 0 Å². The van der Waals surface area contributed by atoms with Gasteiger partial charge in [0.15, 0.2) is 6.10 Å². The van der Waals surface area contributed by atoms with Crippen molar-refractivity contribution in [1.82, 2.24) is 0 Å². The van der Waals surface area contributed by atoms with Crippen molar-refractivity contribution in [3.63, 3.8) is 0 Å². The molecule has 0 fully saturated rings. The van der Waals surface area contributed by atoms with E-state index in [-0.39, 0.29) is 38.0 Å². The van der Waals surface area contributed by atoms with Crippen molar-refractivity contribution >= 4 is 17.9 Å². The molecule has 0 aromatic rings. The van der Waals surface area contributed by atoms with E-state index in [1.807, 2.05) is 12.2 Å². The minimum absolute atomic E-state index is 0.138. The third-order valence-corrected chi connectivity index (χ3v) is 10.0. The standard InChI is InChI=1S/C61H92O6/c1-4-7-10-13-16-19-22-25-28-29-30-31-34-37-40-43-46-49-52-55-61(64)67-58(56-65-59(62)53-50-47-44-41-38-35-32-26-23-20-17-14-11-8-5-2)57-66-60(63)54-51-48-45-42-39-36-33-27-24-21-18-15-12-9-6-3/h7-12,16-21,25-28,30-33,37-38,40-41,46,49,58H,4-6,13-15,22-24,29,34-36,39,42-45,47-48,50-57H2,1-3H3/b10-7-,11-8-,12-9-,19-16-,20-17-,21-18-,28-25-,31-30-,32-26-,33-27-,40-37-,41-38-,49-46-/t58-/m1/s1. The van der Waals surface area contributed by atoms with E-state index >= 15 is 0 Å². The van der Waals surface area contributed by atoms with E-state index in [2.05, 4.69) is 167 Å². The van der Waals surface area contributed by atoms with E-state index in [1.165, 1.54) is 0 Å². The van der Waals surface area contributed by atoms with Gasteiger partial charge in [0.25, 0.3) is 0 Å². The monoisotopic (exact) mass is 921 g/mol. The zero-order valence-electron chi connectivity index (χ0n) is 42.3. The zero-order valence-corrected chi connectivity index (χ0v) is 42.3. The van der Waals surface area contributed by atoms with Crippen LogP contribution in [0.5, 0.6) is 0 Å². The summed E-state index contributed by atoms with van der Waals surface area (Å²) < 4.78 is 16.7. The maximum absolute atomic E-state index is 12.8. The van der Waals surface area contributed by atoms with Gasteiger partial charge in [0.05, 0.1) is 0 Å². The number of carbonyl (C=O) groups is 3. The van der Waals surface area contributed by atoms with Crippen molar-refractivity contribution in [3.05, 3.63) is 158 Å². The Labute approximate surface area is 409 Å². The fourth-order valence-corrected chi connectivity index (χ4v) is 6.24. The largest absolute Gasteiger partial charge is 0.462 e. The second kappa shape index (κ2) is 53.6. The quantitative estimate of drug-likeness (QED) is 0.0262. The van der Waals surface area contributed by atoms with Gasteiger partial charge < -0.3 is 14.2 Å². The third kappa shape index (κ3) is 51.9. The fourth-order valence-electron chi connectivity index (χ4n) is 6.24. The minimum Gasteiger partial charge on any atom is -0.462 e. The van der Waals surface area contributed by atoms with Gasteiger partial charge >= 0.3 is 17.9 Å². The van der Waals surface area contributed by atoms with Crippen LogP contribution < -0.4 is 0 Å². The minimum atomic E-state index is -0.850. The van der Waals surface area contributed by atoms with Crippen LogP contribution in [-0.2, 0) is 28.6 Å². The zero-order chi connectivity index (χ0) is 48.6. The van der Waals surface area contributed by atoms with E-state index in [0.717, 1.165) is 135 Å². The van der Waals surface area contributed by atoms with E-state index in [4.69, 9.17) is 14.2 Å². The Balaban J connectivity index is 4.64. The van der Waals surface area contributed by atoms with Gasteiger partial charge in [-0.1, -0.05) is 198 Å². The highest BCUT2D eigenvalue weighted by atomic mass is 16.6. The maximum atomic E-state index is 12.8. The van der Waals surface area contributed by atoms with Crippen molar-refractivity contribution in [1.29, 1.82) is 0 Å². The van der Waals surface area contributed by atoms with Crippen LogP contribution in [-0.4, -0.2) is 37.2 Å². The summed E-state index contributed by atoms with van der Waals surface area (Å²) in [7, 11) is 0. The molecule has 1 atom stereocenters. The molecule has 0 saturated carbocycles. The second-order valence-corrected chi connectivity index (χ2v) is 16.3. The van der Waals surface area contributed by atoms with Gasteiger partial charge in [-0.25, -0.2) is 0 Å². The van der Waals surface area contributed by atoms with Crippen molar-refractivity contribution in [2.45, 2.75) is 194 Å². The molecule has 0 heterocycles. The molecule has 0 unspecified atom stereocenters. The first-order valence-corrected chi connectivity index (χ1v) is 26.0. The van der Waals surface area contributed by atoms with Gasteiger partial charge in [-0.05, 0) is 128 Å². The van der Waals surface area contributed by atoms with Crippen LogP contribution in [0.1, 0.15) is 188 Å². The van der Waals surface area contributed by atoms with E-state index in [0.29, 0.717) is 19.3 Å². The number of hydrogen-bond acceptors (Lipinski definition) is 6. The Hall–Kier alpha value is -4.97. The van der Waals surface area contributed by atoms with Gasteiger partial charge in [0.2, 0.25) is 0 Å². The van der Waals surface area contributed by atoms with Crippen LogP contribution in [0.4, 0.5) is 0 Å². The number of rotatable bonds is 44. The van der Waals surface area contributed by atoms with Crippen LogP contribution >= 0.6 is 0 Å². The predicted octanol–water partition coefficient (Wildman–Crippen LogP) is 17.4. The lowest BCUT2D eigenvalue weighted by molar-refractivity contribution is -0.166. The number of ether oxygens (including phenoxy) is 3. The molecule has 0 aliphatic rings. The lowest BCUT2D eigenvalue weighted by Crippen LogP contribution is -2.30. The summed E-state index contributed by atoms with van der Waals surface area (Å²) in [6.45, 7) is 6.15. The van der Waals surface area contributed by atoms with Gasteiger partial charge in [0.1, 0.15) is 13.2 Å². The molecule has 0 rings (SSSR count). The first-order chi connectivity index (χ1) is 33.0. The van der Waals surface area contributed by atoms with Crippen molar-refractivity contribution < 1.29 is 28.6 Å². The molecular weight excluding hydrogens is 829 g/mol. The molecule has 0 aromatic heterocycles. The molecule has 0 N–H and O–H groups in total. The average molecular weight is 921 g/mol. The normalized spacial score (nSPS) is 13.4. The Morgan fingerprint density at radius 1 is 0.299 bits per heavy atom. The van der Waals surface area contributed by atoms with Crippen molar-refractivity contribution in [2.75, 3.05) is 13.2 Å². The predicted molar refractivity (Wildman–Crippen MR) is 288 cm³/mol. The van der Waals surface area contributed by atoms with Crippen LogP contribution in [0.2, 0.25) is 0 Å². The number of allylic oxidation sites excluding steroid dienone is 26. The topological polar surface area (TPSA) is 78.9 Å². The summed E-state index contributed by atoms with van der Waals surface area (Å²) in [5, 5.41) is 0. The molecule has 0 aliphatic carbocycles. The Bertz CT molecular complexity index is 1570. The van der Waals surface area contributed by atoms with Gasteiger partial charge in [-0.3, -0.25) is 14.4 Å². The smallest absolute Gasteiger partial charge is 0.306 e. The number of unbranched alkanes of at least 4 members (excludes halogenated alkanes) is 7. The summed E-state index contributed by atoms with van der Waals surface area (Å²) in [4.78, 5) is 38.0. The summed E-state index contributed by atoms with van der Waals surface area (Å²) in [5.41, 5.74) is 0. The van der Waals surface area contributed by atoms with Gasteiger partial charge in [0, 0.05) is 19.3 Å². The Kier molecular flexibility index (Phi) is 49.7. The molecule has 0 spiro atoms. The second-order valence-electron chi connectivity index (χ2n) is 16.3. The van der Waals surface area contributed by atoms with E-state index in [9.17, 15) is 14.4 Å². The Morgan fingerprint density at radius 2 is 0.567 bits per heavy atom. The van der Waals surface area contributed by atoms with Crippen LogP contribution in [0.25, 0.3) is 0 Å².